The van der Waals surface area contributed by atoms with Crippen LogP contribution in [-0.2, 0) is 0 Å². The lowest BCUT2D eigenvalue weighted by molar-refractivity contribution is 0.0697. The number of carboxylic acids is 1. The molecular weight excluding hydrogens is 372 g/mol. The van der Waals surface area contributed by atoms with E-state index >= 15 is 0 Å². The standard InChI is InChI=1S/C18H13ClN4O4/c1-9(22-17(24)13-8-21-23-4-2-3-20-16(13)23)14-6-10-5-11(19)7-12(18(25)26)15(10)27-14/h2-9H,1H3,(H,22,24)(H,25,26). The average Bonchev–Trinajstić information content (AvgIpc) is 3.24. The van der Waals surface area contributed by atoms with Crippen molar-refractivity contribution in [3.63, 3.8) is 0 Å². The quantitative estimate of drug-likeness (QED) is 0.558. The molecule has 4 aromatic rings. The number of nitrogens with zero attached hydrogens (tertiary/aromatic N) is 3. The van der Waals surface area contributed by atoms with Crippen LogP contribution in [0.1, 0.15) is 39.4 Å². The Bertz CT molecular complexity index is 1200. The molecule has 2 N–H and O–H groups in total. The number of aromatic nitrogens is 3. The van der Waals surface area contributed by atoms with E-state index in [1.54, 1.807) is 37.5 Å². The number of fused-ring (bicyclic) bond motifs is 2. The summed E-state index contributed by atoms with van der Waals surface area (Å²) >= 11 is 5.97. The predicted octanol–water partition coefficient (Wildman–Crippen LogP) is 3.32. The molecule has 9 heteroatoms. The number of rotatable bonds is 4. The van der Waals surface area contributed by atoms with Gasteiger partial charge < -0.3 is 14.8 Å². The summed E-state index contributed by atoms with van der Waals surface area (Å²) in [7, 11) is 0. The maximum Gasteiger partial charge on any atom is 0.339 e. The molecule has 1 atom stereocenters. The lowest BCUT2D eigenvalue weighted by Crippen LogP contribution is -2.26. The van der Waals surface area contributed by atoms with Gasteiger partial charge in [0.25, 0.3) is 5.91 Å². The van der Waals surface area contributed by atoms with E-state index in [2.05, 4.69) is 15.4 Å². The zero-order valence-electron chi connectivity index (χ0n) is 14.0. The molecule has 136 valence electrons. The number of furan rings is 1. The van der Waals surface area contributed by atoms with Crippen LogP contribution < -0.4 is 5.32 Å². The van der Waals surface area contributed by atoms with Gasteiger partial charge in [-0.25, -0.2) is 14.3 Å². The second-order valence-corrected chi connectivity index (χ2v) is 6.40. The number of benzene rings is 1. The molecule has 1 aromatic carbocycles. The number of amides is 1. The van der Waals surface area contributed by atoms with E-state index in [9.17, 15) is 14.7 Å². The largest absolute Gasteiger partial charge is 0.478 e. The van der Waals surface area contributed by atoms with Crippen LogP contribution in [-0.4, -0.2) is 31.6 Å². The first-order valence-corrected chi connectivity index (χ1v) is 8.37. The molecule has 3 aromatic heterocycles. The van der Waals surface area contributed by atoms with Gasteiger partial charge in [-0.1, -0.05) is 11.6 Å². The molecule has 1 unspecified atom stereocenters. The van der Waals surface area contributed by atoms with Crippen molar-refractivity contribution in [1.82, 2.24) is 19.9 Å². The van der Waals surface area contributed by atoms with Gasteiger partial charge >= 0.3 is 5.97 Å². The molecule has 0 radical (unpaired) electrons. The van der Waals surface area contributed by atoms with Crippen LogP contribution in [0.4, 0.5) is 0 Å². The van der Waals surface area contributed by atoms with E-state index < -0.39 is 12.0 Å². The second kappa shape index (κ2) is 6.40. The Morgan fingerprint density at radius 3 is 2.89 bits per heavy atom. The van der Waals surface area contributed by atoms with Gasteiger partial charge in [-0.3, -0.25) is 4.79 Å². The maximum atomic E-state index is 12.6. The SMILES string of the molecule is CC(NC(=O)c1cnn2cccnc12)c1cc2cc(Cl)cc(C(=O)O)c2o1. The summed E-state index contributed by atoms with van der Waals surface area (Å²) < 4.78 is 7.19. The van der Waals surface area contributed by atoms with Crippen LogP contribution in [0, 0.1) is 0 Å². The molecule has 0 saturated heterocycles. The van der Waals surface area contributed by atoms with Crippen molar-refractivity contribution in [3.8, 4) is 0 Å². The molecule has 0 spiro atoms. The second-order valence-electron chi connectivity index (χ2n) is 5.97. The Morgan fingerprint density at radius 1 is 1.30 bits per heavy atom. The number of halogens is 1. The van der Waals surface area contributed by atoms with Crippen LogP contribution in [0.25, 0.3) is 16.6 Å². The summed E-state index contributed by atoms with van der Waals surface area (Å²) in [6.07, 6.45) is 4.71. The Morgan fingerprint density at radius 2 is 2.11 bits per heavy atom. The van der Waals surface area contributed by atoms with Crippen LogP contribution in [0.5, 0.6) is 0 Å². The summed E-state index contributed by atoms with van der Waals surface area (Å²) in [4.78, 5) is 28.1. The van der Waals surface area contributed by atoms with E-state index in [1.165, 1.54) is 16.8 Å². The van der Waals surface area contributed by atoms with E-state index in [1.807, 2.05) is 0 Å². The van der Waals surface area contributed by atoms with Gasteiger partial charge in [-0.2, -0.15) is 5.10 Å². The molecule has 0 aliphatic rings. The molecule has 0 aliphatic heterocycles. The van der Waals surface area contributed by atoms with Crippen molar-refractivity contribution in [1.29, 1.82) is 0 Å². The molecule has 0 fully saturated rings. The van der Waals surface area contributed by atoms with Crippen LogP contribution >= 0.6 is 11.6 Å². The fourth-order valence-electron chi connectivity index (χ4n) is 2.84. The number of nitrogens with one attached hydrogen (secondary N) is 1. The lowest BCUT2D eigenvalue weighted by atomic mass is 10.1. The Hall–Kier alpha value is -3.39. The van der Waals surface area contributed by atoms with Gasteiger partial charge in [-0.05, 0) is 31.2 Å². The first-order chi connectivity index (χ1) is 12.9. The minimum Gasteiger partial charge on any atom is -0.478 e. The maximum absolute atomic E-state index is 12.6. The number of carboxylic acid groups (broad SMARTS) is 1. The van der Waals surface area contributed by atoms with Gasteiger partial charge in [0.2, 0.25) is 0 Å². The third kappa shape index (κ3) is 3.00. The minimum absolute atomic E-state index is 0.0332. The van der Waals surface area contributed by atoms with E-state index in [4.69, 9.17) is 16.0 Å². The summed E-state index contributed by atoms with van der Waals surface area (Å²) in [6.45, 7) is 1.73. The Kier molecular flexibility index (Phi) is 4.04. The summed E-state index contributed by atoms with van der Waals surface area (Å²) in [6, 6.07) is 5.80. The minimum atomic E-state index is -1.14. The highest BCUT2D eigenvalue weighted by atomic mass is 35.5. The van der Waals surface area contributed by atoms with E-state index in [-0.39, 0.29) is 17.1 Å². The average molecular weight is 385 g/mol. The first-order valence-electron chi connectivity index (χ1n) is 7.99. The van der Waals surface area contributed by atoms with Gasteiger partial charge in [-0.15, -0.1) is 0 Å². The van der Waals surface area contributed by atoms with Crippen molar-refractivity contribution >= 4 is 40.1 Å². The molecule has 0 bridgehead atoms. The number of carbonyl (C=O) groups excluding carboxylic acids is 1. The highest BCUT2D eigenvalue weighted by molar-refractivity contribution is 6.32. The van der Waals surface area contributed by atoms with Crippen molar-refractivity contribution in [2.75, 3.05) is 0 Å². The monoisotopic (exact) mass is 384 g/mol. The molecule has 0 aliphatic carbocycles. The van der Waals surface area contributed by atoms with Crippen molar-refractivity contribution < 1.29 is 19.1 Å². The Balaban J connectivity index is 1.65. The van der Waals surface area contributed by atoms with Crippen molar-refractivity contribution in [2.24, 2.45) is 0 Å². The first kappa shape index (κ1) is 17.0. The molecule has 8 nitrogen and oxygen atoms in total. The molecule has 1 amide bonds. The summed E-state index contributed by atoms with van der Waals surface area (Å²) in [5.74, 6) is -1.10. The number of hydrogen-bond acceptors (Lipinski definition) is 5. The lowest BCUT2D eigenvalue weighted by Gasteiger charge is -2.10. The smallest absolute Gasteiger partial charge is 0.339 e. The fraction of sp³-hybridized carbons (Fsp3) is 0.111. The van der Waals surface area contributed by atoms with Crippen LogP contribution in [0.3, 0.4) is 0 Å². The third-order valence-electron chi connectivity index (χ3n) is 4.13. The highest BCUT2D eigenvalue weighted by Gasteiger charge is 2.21. The van der Waals surface area contributed by atoms with Crippen LogP contribution in [0.2, 0.25) is 5.02 Å². The third-order valence-corrected chi connectivity index (χ3v) is 4.35. The van der Waals surface area contributed by atoms with Crippen molar-refractivity contribution in [3.05, 3.63) is 64.8 Å². The predicted molar refractivity (Wildman–Crippen MR) is 97.1 cm³/mol. The van der Waals surface area contributed by atoms with Gasteiger partial charge in [0, 0.05) is 22.8 Å². The number of hydrogen-bond donors (Lipinski definition) is 2. The molecule has 3 heterocycles. The normalized spacial score (nSPS) is 12.4. The number of carbonyl (C=O) groups is 2. The van der Waals surface area contributed by atoms with Crippen molar-refractivity contribution in [2.45, 2.75) is 13.0 Å². The van der Waals surface area contributed by atoms with Gasteiger partial charge in [0.15, 0.2) is 5.65 Å². The summed E-state index contributed by atoms with van der Waals surface area (Å²) in [5.41, 5.74) is 0.939. The highest BCUT2D eigenvalue weighted by Crippen LogP contribution is 2.30. The van der Waals surface area contributed by atoms with Gasteiger partial charge in [0.1, 0.15) is 22.5 Å². The summed E-state index contributed by atoms with van der Waals surface area (Å²) in [5, 5.41) is 17.1. The molecule has 27 heavy (non-hydrogen) atoms. The van der Waals surface area contributed by atoms with Gasteiger partial charge in [0.05, 0.1) is 12.2 Å². The fourth-order valence-corrected chi connectivity index (χ4v) is 3.07. The van der Waals surface area contributed by atoms with E-state index in [0.29, 0.717) is 27.4 Å². The zero-order valence-corrected chi connectivity index (χ0v) is 14.8. The molecule has 4 rings (SSSR count). The van der Waals surface area contributed by atoms with E-state index in [0.717, 1.165) is 0 Å². The van der Waals surface area contributed by atoms with Crippen LogP contribution in [0.15, 0.2) is 47.3 Å². The number of aromatic carboxylic acids is 1. The molecule has 0 saturated carbocycles. The molecular formula is C18H13ClN4O4. The zero-order chi connectivity index (χ0) is 19.1. The Labute approximate surface area is 157 Å². The topological polar surface area (TPSA) is 110 Å².